The molecule has 3 aromatic rings. The first-order valence-electron chi connectivity index (χ1n) is 7.28. The van der Waals surface area contributed by atoms with E-state index in [9.17, 15) is 14.7 Å². The van der Waals surface area contributed by atoms with Crippen molar-refractivity contribution in [3.05, 3.63) is 82.2 Å². The van der Waals surface area contributed by atoms with Gasteiger partial charge in [0.1, 0.15) is 17.2 Å². The second-order valence-electron chi connectivity index (χ2n) is 5.18. The van der Waals surface area contributed by atoms with Crippen LogP contribution < -0.4 is 5.56 Å². The number of nitrogens with one attached hydrogen (secondary N) is 1. The lowest BCUT2D eigenvalue weighted by Crippen LogP contribution is -2.31. The maximum atomic E-state index is 12.7. The lowest BCUT2D eigenvalue weighted by Gasteiger charge is -2.21. The van der Waals surface area contributed by atoms with E-state index in [1.807, 2.05) is 0 Å². The highest BCUT2D eigenvalue weighted by Gasteiger charge is 2.20. The number of nitrogens with zero attached hydrogens (tertiary/aromatic N) is 2. The molecule has 7 heteroatoms. The van der Waals surface area contributed by atoms with Crippen molar-refractivity contribution in [1.29, 1.82) is 0 Å². The Labute approximate surface area is 137 Å². The molecule has 0 radical (unpaired) electrons. The molecule has 0 bridgehead atoms. The number of rotatable bonds is 5. The van der Waals surface area contributed by atoms with Crippen molar-refractivity contribution >= 4 is 5.91 Å². The van der Waals surface area contributed by atoms with Crippen molar-refractivity contribution in [3.8, 4) is 5.75 Å². The molecule has 0 spiro atoms. The minimum absolute atomic E-state index is 0.101. The van der Waals surface area contributed by atoms with E-state index in [4.69, 9.17) is 4.42 Å². The molecule has 0 atom stereocenters. The zero-order chi connectivity index (χ0) is 16.9. The van der Waals surface area contributed by atoms with Crippen LogP contribution in [0, 0.1) is 0 Å². The van der Waals surface area contributed by atoms with Crippen LogP contribution in [0.2, 0.25) is 0 Å². The van der Waals surface area contributed by atoms with Crippen molar-refractivity contribution in [2.75, 3.05) is 0 Å². The molecule has 0 aliphatic carbocycles. The molecule has 1 aromatic carbocycles. The number of carbonyl (C=O) groups is 1. The van der Waals surface area contributed by atoms with Crippen LogP contribution in [0.3, 0.4) is 0 Å². The monoisotopic (exact) mass is 325 g/mol. The molecule has 0 fully saturated rings. The summed E-state index contributed by atoms with van der Waals surface area (Å²) in [5.41, 5.74) is 0.322. The number of aromatic nitrogens is 2. The van der Waals surface area contributed by atoms with Crippen LogP contribution in [0.4, 0.5) is 0 Å². The topological polar surface area (TPSA) is 99.4 Å². The number of amides is 1. The average Bonchev–Trinajstić information content (AvgIpc) is 3.09. The summed E-state index contributed by atoms with van der Waals surface area (Å²) in [5, 5.41) is 16.0. The number of phenols is 1. The second kappa shape index (κ2) is 6.82. The smallest absolute Gasteiger partial charge is 0.274 e. The SMILES string of the molecule is O=C(c1ccc(=O)[nH]n1)N(Cc1ccco1)Cc1ccccc1O. The van der Waals surface area contributed by atoms with E-state index in [-0.39, 0.29) is 36.0 Å². The van der Waals surface area contributed by atoms with Gasteiger partial charge in [-0.15, -0.1) is 0 Å². The summed E-state index contributed by atoms with van der Waals surface area (Å²) in [7, 11) is 0. The zero-order valence-corrected chi connectivity index (χ0v) is 12.7. The first-order valence-corrected chi connectivity index (χ1v) is 7.28. The molecule has 7 nitrogen and oxygen atoms in total. The van der Waals surface area contributed by atoms with Gasteiger partial charge in [-0.2, -0.15) is 5.10 Å². The van der Waals surface area contributed by atoms with E-state index in [0.717, 1.165) is 0 Å². The predicted molar refractivity (Wildman–Crippen MR) is 85.3 cm³/mol. The second-order valence-corrected chi connectivity index (χ2v) is 5.18. The fourth-order valence-corrected chi connectivity index (χ4v) is 2.27. The van der Waals surface area contributed by atoms with E-state index in [1.165, 1.54) is 23.3 Å². The van der Waals surface area contributed by atoms with Crippen LogP contribution in [0.25, 0.3) is 0 Å². The molecule has 3 rings (SSSR count). The molecular formula is C17H15N3O4. The lowest BCUT2D eigenvalue weighted by molar-refractivity contribution is 0.0709. The van der Waals surface area contributed by atoms with Gasteiger partial charge >= 0.3 is 0 Å². The van der Waals surface area contributed by atoms with Crippen LogP contribution in [0.15, 0.2) is 64.0 Å². The number of H-pyrrole nitrogens is 1. The van der Waals surface area contributed by atoms with Gasteiger partial charge < -0.3 is 14.4 Å². The number of aromatic amines is 1. The molecule has 0 unspecified atom stereocenters. The van der Waals surface area contributed by atoms with E-state index >= 15 is 0 Å². The number of furan rings is 1. The highest BCUT2D eigenvalue weighted by Crippen LogP contribution is 2.20. The number of hydrogen-bond donors (Lipinski definition) is 2. The molecule has 122 valence electrons. The van der Waals surface area contributed by atoms with Gasteiger partial charge in [0.05, 0.1) is 19.4 Å². The molecule has 2 heterocycles. The van der Waals surface area contributed by atoms with Gasteiger partial charge in [0.15, 0.2) is 0 Å². The standard InChI is InChI=1S/C17H15N3O4/c21-15-6-2-1-4-12(15)10-20(11-13-5-3-9-24-13)17(23)14-7-8-16(22)19-18-14/h1-9,21H,10-11H2,(H,19,22). The Morgan fingerprint density at radius 2 is 1.96 bits per heavy atom. The Kier molecular flexibility index (Phi) is 4.42. The van der Waals surface area contributed by atoms with Crippen LogP contribution in [0.5, 0.6) is 5.75 Å². The first-order chi connectivity index (χ1) is 11.6. The van der Waals surface area contributed by atoms with Crippen LogP contribution >= 0.6 is 0 Å². The summed E-state index contributed by atoms with van der Waals surface area (Å²) in [6.45, 7) is 0.383. The van der Waals surface area contributed by atoms with Crippen molar-refractivity contribution < 1.29 is 14.3 Å². The molecule has 2 N–H and O–H groups in total. The number of hydrogen-bond acceptors (Lipinski definition) is 5. The maximum Gasteiger partial charge on any atom is 0.274 e. The van der Waals surface area contributed by atoms with Gasteiger partial charge in [-0.25, -0.2) is 5.10 Å². The Bertz CT molecular complexity index is 866. The number of para-hydroxylation sites is 1. The fourth-order valence-electron chi connectivity index (χ4n) is 2.27. The molecule has 24 heavy (non-hydrogen) atoms. The summed E-state index contributed by atoms with van der Waals surface area (Å²) in [5.74, 6) is 0.318. The molecule has 0 saturated heterocycles. The largest absolute Gasteiger partial charge is 0.508 e. The molecular weight excluding hydrogens is 310 g/mol. The van der Waals surface area contributed by atoms with Gasteiger partial charge in [0, 0.05) is 11.6 Å². The molecule has 1 amide bonds. The summed E-state index contributed by atoms with van der Waals surface area (Å²) in [6, 6.07) is 12.9. The summed E-state index contributed by atoms with van der Waals surface area (Å²) >= 11 is 0. The van der Waals surface area contributed by atoms with Crippen LogP contribution in [-0.2, 0) is 13.1 Å². The van der Waals surface area contributed by atoms with Crippen molar-refractivity contribution in [2.45, 2.75) is 13.1 Å². The average molecular weight is 325 g/mol. The third-order valence-electron chi connectivity index (χ3n) is 3.47. The molecule has 0 aliphatic rings. The molecule has 2 aromatic heterocycles. The van der Waals surface area contributed by atoms with E-state index in [1.54, 1.807) is 36.4 Å². The highest BCUT2D eigenvalue weighted by atomic mass is 16.3. The summed E-state index contributed by atoms with van der Waals surface area (Å²) in [4.78, 5) is 25.3. The number of phenolic OH excluding ortho intramolecular Hbond substituents is 1. The minimum Gasteiger partial charge on any atom is -0.508 e. The minimum atomic E-state index is -0.384. The van der Waals surface area contributed by atoms with E-state index < -0.39 is 0 Å². The third-order valence-corrected chi connectivity index (χ3v) is 3.47. The quantitative estimate of drug-likeness (QED) is 0.746. The van der Waals surface area contributed by atoms with Crippen LogP contribution in [-0.4, -0.2) is 26.1 Å². The van der Waals surface area contributed by atoms with Crippen molar-refractivity contribution in [2.24, 2.45) is 0 Å². The number of benzene rings is 1. The van der Waals surface area contributed by atoms with Gasteiger partial charge in [-0.05, 0) is 24.3 Å². The van der Waals surface area contributed by atoms with E-state index in [0.29, 0.717) is 11.3 Å². The molecule has 0 saturated carbocycles. The van der Waals surface area contributed by atoms with Gasteiger partial charge in [0.2, 0.25) is 0 Å². The van der Waals surface area contributed by atoms with Crippen LogP contribution in [0.1, 0.15) is 21.8 Å². The Morgan fingerprint density at radius 3 is 2.62 bits per heavy atom. The van der Waals surface area contributed by atoms with Gasteiger partial charge in [-0.1, -0.05) is 18.2 Å². The predicted octanol–water partition coefficient (Wildman–Crippen LogP) is 1.91. The Balaban J connectivity index is 1.89. The van der Waals surface area contributed by atoms with Crippen molar-refractivity contribution in [1.82, 2.24) is 15.1 Å². The third kappa shape index (κ3) is 3.52. The summed E-state index contributed by atoms with van der Waals surface area (Å²) in [6.07, 6.45) is 1.52. The fraction of sp³-hybridized carbons (Fsp3) is 0.118. The maximum absolute atomic E-state index is 12.7. The lowest BCUT2D eigenvalue weighted by atomic mass is 10.1. The zero-order valence-electron chi connectivity index (χ0n) is 12.7. The molecule has 0 aliphatic heterocycles. The Morgan fingerprint density at radius 1 is 1.12 bits per heavy atom. The number of carbonyl (C=O) groups excluding carboxylic acids is 1. The first kappa shape index (κ1) is 15.5. The van der Waals surface area contributed by atoms with E-state index in [2.05, 4.69) is 10.2 Å². The number of aromatic hydroxyl groups is 1. The van der Waals surface area contributed by atoms with Gasteiger partial charge in [0.25, 0.3) is 11.5 Å². The van der Waals surface area contributed by atoms with Gasteiger partial charge in [-0.3, -0.25) is 9.59 Å². The van der Waals surface area contributed by atoms with Crippen molar-refractivity contribution in [3.63, 3.8) is 0 Å². The Hall–Kier alpha value is -3.35. The summed E-state index contributed by atoms with van der Waals surface area (Å²) < 4.78 is 5.30. The highest BCUT2D eigenvalue weighted by molar-refractivity contribution is 5.92. The normalized spacial score (nSPS) is 10.5.